The summed E-state index contributed by atoms with van der Waals surface area (Å²) < 4.78 is 0.0520. The summed E-state index contributed by atoms with van der Waals surface area (Å²) in [6.45, 7) is 6.11. The number of carboxylic acid groups (broad SMARTS) is 1. The van der Waals surface area contributed by atoms with Crippen LogP contribution in [0.15, 0.2) is 0 Å². The van der Waals surface area contributed by atoms with Crippen molar-refractivity contribution in [3.63, 3.8) is 0 Å². The van der Waals surface area contributed by atoms with Gasteiger partial charge in [0.15, 0.2) is 6.10 Å². The van der Waals surface area contributed by atoms with Crippen LogP contribution in [0.2, 0.25) is 0 Å². The van der Waals surface area contributed by atoms with Crippen LogP contribution in [0.1, 0.15) is 27.2 Å². The third kappa shape index (κ3) is 4.62. The SMILES string of the molecule is CCC(C)(C)SCC(O)C(=O)O. The summed E-state index contributed by atoms with van der Waals surface area (Å²) in [4.78, 5) is 10.2. The molecule has 0 rings (SSSR count). The van der Waals surface area contributed by atoms with Crippen molar-refractivity contribution in [1.82, 2.24) is 0 Å². The Labute approximate surface area is 77.2 Å². The molecule has 12 heavy (non-hydrogen) atoms. The fourth-order valence-corrected chi connectivity index (χ4v) is 1.43. The molecule has 0 spiro atoms. The minimum absolute atomic E-state index is 0.0520. The Balaban J connectivity index is 3.75. The second kappa shape index (κ2) is 4.72. The number of rotatable bonds is 5. The minimum atomic E-state index is -1.24. The highest BCUT2D eigenvalue weighted by Gasteiger charge is 2.20. The third-order valence-electron chi connectivity index (χ3n) is 1.77. The van der Waals surface area contributed by atoms with E-state index >= 15 is 0 Å². The first-order valence-corrected chi connectivity index (χ1v) is 4.92. The predicted molar refractivity (Wildman–Crippen MR) is 50.5 cm³/mol. The predicted octanol–water partition coefficient (Wildman–Crippen LogP) is 1.35. The molecule has 4 heteroatoms. The largest absolute Gasteiger partial charge is 0.479 e. The smallest absolute Gasteiger partial charge is 0.333 e. The molecule has 0 radical (unpaired) electrons. The van der Waals surface area contributed by atoms with Gasteiger partial charge in [-0.25, -0.2) is 4.79 Å². The summed E-state index contributed by atoms with van der Waals surface area (Å²) in [5, 5.41) is 17.4. The van der Waals surface area contributed by atoms with Crippen molar-refractivity contribution in [2.24, 2.45) is 0 Å². The number of aliphatic carboxylic acids is 1. The van der Waals surface area contributed by atoms with E-state index < -0.39 is 12.1 Å². The second-order valence-electron chi connectivity index (χ2n) is 3.28. The first kappa shape index (κ1) is 11.8. The lowest BCUT2D eigenvalue weighted by Gasteiger charge is -2.22. The summed E-state index contributed by atoms with van der Waals surface area (Å²) in [6.07, 6.45) is -0.273. The summed E-state index contributed by atoms with van der Waals surface area (Å²) in [5.74, 6) is -0.884. The first-order valence-electron chi connectivity index (χ1n) is 3.94. The van der Waals surface area contributed by atoms with Crippen molar-refractivity contribution in [3.05, 3.63) is 0 Å². The molecule has 0 heterocycles. The number of hydrogen-bond acceptors (Lipinski definition) is 3. The van der Waals surface area contributed by atoms with Crippen LogP contribution in [-0.2, 0) is 4.79 Å². The van der Waals surface area contributed by atoms with Gasteiger partial charge in [-0.05, 0) is 6.42 Å². The fraction of sp³-hybridized carbons (Fsp3) is 0.875. The molecule has 0 aromatic rings. The quantitative estimate of drug-likeness (QED) is 0.690. The molecule has 1 unspecified atom stereocenters. The molecule has 0 saturated heterocycles. The van der Waals surface area contributed by atoms with Crippen molar-refractivity contribution in [3.8, 4) is 0 Å². The first-order chi connectivity index (χ1) is 5.39. The zero-order valence-electron chi connectivity index (χ0n) is 7.70. The Kier molecular flexibility index (Phi) is 4.63. The van der Waals surface area contributed by atoms with E-state index in [0.29, 0.717) is 0 Å². The van der Waals surface area contributed by atoms with Gasteiger partial charge in [-0.3, -0.25) is 0 Å². The van der Waals surface area contributed by atoms with Crippen LogP contribution in [0.3, 0.4) is 0 Å². The minimum Gasteiger partial charge on any atom is -0.479 e. The number of hydrogen-bond donors (Lipinski definition) is 2. The van der Waals surface area contributed by atoms with E-state index in [0.717, 1.165) is 6.42 Å². The van der Waals surface area contributed by atoms with Gasteiger partial charge in [-0.15, -0.1) is 0 Å². The van der Waals surface area contributed by atoms with E-state index in [4.69, 9.17) is 10.2 Å². The molecule has 0 aliphatic rings. The van der Waals surface area contributed by atoms with Crippen LogP contribution in [0.4, 0.5) is 0 Å². The molecule has 72 valence electrons. The van der Waals surface area contributed by atoms with Gasteiger partial charge in [0.1, 0.15) is 0 Å². The Morgan fingerprint density at radius 2 is 2.08 bits per heavy atom. The zero-order valence-corrected chi connectivity index (χ0v) is 8.52. The highest BCUT2D eigenvalue weighted by Crippen LogP contribution is 2.27. The van der Waals surface area contributed by atoms with Gasteiger partial charge in [0, 0.05) is 10.5 Å². The standard InChI is InChI=1S/C8H16O3S/c1-4-8(2,3)12-5-6(9)7(10)11/h6,9H,4-5H2,1-3H3,(H,10,11). The fourth-order valence-electron chi connectivity index (χ4n) is 0.478. The number of aliphatic hydroxyl groups is 1. The van der Waals surface area contributed by atoms with E-state index in [9.17, 15) is 4.79 Å². The summed E-state index contributed by atoms with van der Waals surface area (Å²) in [5.41, 5.74) is 0. The Bertz CT molecular complexity index is 156. The van der Waals surface area contributed by atoms with E-state index in [1.54, 1.807) is 0 Å². The summed E-state index contributed by atoms with van der Waals surface area (Å²) in [6, 6.07) is 0. The number of carboxylic acids is 1. The van der Waals surface area contributed by atoms with Crippen LogP contribution >= 0.6 is 11.8 Å². The number of aliphatic hydroxyl groups excluding tert-OH is 1. The van der Waals surface area contributed by atoms with Crippen molar-refractivity contribution in [1.29, 1.82) is 0 Å². The van der Waals surface area contributed by atoms with Gasteiger partial charge in [-0.1, -0.05) is 20.8 Å². The maximum atomic E-state index is 10.2. The number of carbonyl (C=O) groups is 1. The van der Waals surface area contributed by atoms with E-state index in [1.165, 1.54) is 11.8 Å². The second-order valence-corrected chi connectivity index (χ2v) is 5.01. The molecule has 0 aromatic heterocycles. The molecular formula is C8H16O3S. The Hall–Kier alpha value is -0.220. The van der Waals surface area contributed by atoms with Gasteiger partial charge < -0.3 is 10.2 Å². The molecule has 2 N–H and O–H groups in total. The van der Waals surface area contributed by atoms with Gasteiger partial charge in [0.2, 0.25) is 0 Å². The summed E-state index contributed by atoms with van der Waals surface area (Å²) in [7, 11) is 0. The highest BCUT2D eigenvalue weighted by atomic mass is 32.2. The van der Waals surface area contributed by atoms with Gasteiger partial charge in [-0.2, -0.15) is 11.8 Å². The van der Waals surface area contributed by atoms with E-state index in [2.05, 4.69) is 0 Å². The van der Waals surface area contributed by atoms with Crippen molar-refractivity contribution in [2.75, 3.05) is 5.75 Å². The van der Waals surface area contributed by atoms with Crippen LogP contribution < -0.4 is 0 Å². The van der Waals surface area contributed by atoms with Crippen LogP contribution in [0.5, 0.6) is 0 Å². The Morgan fingerprint density at radius 3 is 2.42 bits per heavy atom. The molecule has 0 fully saturated rings. The van der Waals surface area contributed by atoms with Crippen LogP contribution in [-0.4, -0.2) is 32.8 Å². The number of thioether (sulfide) groups is 1. The molecule has 1 atom stereocenters. The van der Waals surface area contributed by atoms with Crippen molar-refractivity contribution >= 4 is 17.7 Å². The van der Waals surface area contributed by atoms with Gasteiger partial charge in [0.25, 0.3) is 0 Å². The van der Waals surface area contributed by atoms with E-state index in [1.807, 2.05) is 20.8 Å². The van der Waals surface area contributed by atoms with Crippen LogP contribution in [0, 0.1) is 0 Å². The maximum absolute atomic E-state index is 10.2. The monoisotopic (exact) mass is 192 g/mol. The molecule has 0 aliphatic heterocycles. The lowest BCUT2D eigenvalue weighted by atomic mass is 10.1. The molecule has 0 saturated carbocycles. The topological polar surface area (TPSA) is 57.5 Å². The molecule has 3 nitrogen and oxygen atoms in total. The molecule has 0 amide bonds. The van der Waals surface area contributed by atoms with Crippen molar-refractivity contribution in [2.45, 2.75) is 38.0 Å². The van der Waals surface area contributed by atoms with Crippen LogP contribution in [0.25, 0.3) is 0 Å². The molecule has 0 aromatic carbocycles. The lowest BCUT2D eigenvalue weighted by Crippen LogP contribution is -2.25. The average Bonchev–Trinajstić information content (AvgIpc) is 2.00. The molecular weight excluding hydrogens is 176 g/mol. The highest BCUT2D eigenvalue weighted by molar-refractivity contribution is 8.00. The summed E-state index contributed by atoms with van der Waals surface area (Å²) >= 11 is 1.48. The Morgan fingerprint density at radius 1 is 1.58 bits per heavy atom. The van der Waals surface area contributed by atoms with E-state index in [-0.39, 0.29) is 10.5 Å². The normalized spacial score (nSPS) is 14.3. The molecule has 0 aliphatic carbocycles. The zero-order chi connectivity index (χ0) is 9.78. The maximum Gasteiger partial charge on any atom is 0.333 e. The average molecular weight is 192 g/mol. The third-order valence-corrected chi connectivity index (χ3v) is 3.32. The lowest BCUT2D eigenvalue weighted by molar-refractivity contribution is -0.145. The van der Waals surface area contributed by atoms with Gasteiger partial charge in [0.05, 0.1) is 0 Å². The van der Waals surface area contributed by atoms with Gasteiger partial charge >= 0.3 is 5.97 Å². The van der Waals surface area contributed by atoms with Crippen molar-refractivity contribution < 1.29 is 15.0 Å². The molecule has 0 bridgehead atoms.